The van der Waals surface area contributed by atoms with Crippen LogP contribution < -0.4 is 10.2 Å². The van der Waals surface area contributed by atoms with Crippen LogP contribution >= 0.6 is 0 Å². The van der Waals surface area contributed by atoms with Gasteiger partial charge in [0.15, 0.2) is 0 Å². The molecule has 1 aliphatic heterocycles. The second kappa shape index (κ2) is 8.69. The molecule has 2 amide bonds. The van der Waals surface area contributed by atoms with E-state index in [1.54, 1.807) is 25.3 Å². The second-order valence-corrected chi connectivity index (χ2v) is 5.66. The minimum absolute atomic E-state index is 0.0209. The monoisotopic (exact) mass is 322 g/mol. The molecule has 23 heavy (non-hydrogen) atoms. The summed E-state index contributed by atoms with van der Waals surface area (Å²) >= 11 is 0. The second-order valence-electron chi connectivity index (χ2n) is 5.66. The summed E-state index contributed by atoms with van der Waals surface area (Å²) in [5.74, 6) is 0.920. The molecule has 0 spiro atoms. The average Bonchev–Trinajstić information content (AvgIpc) is 2.60. The molecular weight excluding hydrogens is 296 g/mol. The molecule has 0 bridgehead atoms. The molecule has 1 aromatic rings. The number of nitrogens with zero attached hydrogens (tertiary/aromatic N) is 3. The van der Waals surface area contributed by atoms with Gasteiger partial charge in [-0.1, -0.05) is 6.07 Å². The smallest absolute Gasteiger partial charge is 0.317 e. The van der Waals surface area contributed by atoms with Crippen molar-refractivity contribution in [3.05, 3.63) is 23.9 Å². The highest BCUT2D eigenvalue weighted by molar-refractivity contribution is 5.74. The van der Waals surface area contributed by atoms with Crippen LogP contribution in [0, 0.1) is 0 Å². The van der Waals surface area contributed by atoms with Crippen LogP contribution in [0.2, 0.25) is 0 Å². The number of hydrogen-bond donors (Lipinski definition) is 1. The third-order valence-electron chi connectivity index (χ3n) is 4.00. The third-order valence-corrected chi connectivity index (χ3v) is 4.00. The topological polar surface area (TPSA) is 66.9 Å². The van der Waals surface area contributed by atoms with Crippen molar-refractivity contribution < 1.29 is 14.3 Å². The van der Waals surface area contributed by atoms with E-state index in [0.29, 0.717) is 26.4 Å². The molecule has 0 radical (unpaired) electrons. The number of methoxy groups -OCH3 is 1. The molecule has 1 saturated heterocycles. The summed E-state index contributed by atoms with van der Waals surface area (Å²) in [6.07, 6.45) is 1.78. The van der Waals surface area contributed by atoms with Crippen molar-refractivity contribution in [3.63, 3.8) is 0 Å². The van der Waals surface area contributed by atoms with Crippen LogP contribution in [0.5, 0.6) is 0 Å². The normalized spacial score (nSPS) is 16.0. The van der Waals surface area contributed by atoms with Crippen molar-refractivity contribution in [3.8, 4) is 0 Å². The lowest BCUT2D eigenvalue weighted by molar-refractivity contribution is 0.122. The van der Waals surface area contributed by atoms with Crippen LogP contribution in [0.15, 0.2) is 18.3 Å². The molecular formula is C16H26N4O3. The largest absolute Gasteiger partial charge is 0.383 e. The van der Waals surface area contributed by atoms with Gasteiger partial charge in [-0.05, 0) is 13.0 Å². The van der Waals surface area contributed by atoms with Gasteiger partial charge in [-0.15, -0.1) is 0 Å². The standard InChI is InChI=1S/C16H26N4O3/c1-13(12-22-3)19(2)16(21)18-11-14-5-4-6-17-15(14)20-7-9-23-10-8-20/h4-6,13H,7-12H2,1-3H3,(H,18,21)/t13-/m1/s1. The first-order chi connectivity index (χ1) is 11.1. The summed E-state index contributed by atoms with van der Waals surface area (Å²) in [6, 6.07) is 3.79. The Morgan fingerprint density at radius 1 is 1.52 bits per heavy atom. The molecule has 0 saturated carbocycles. The van der Waals surface area contributed by atoms with Crippen molar-refractivity contribution in [1.82, 2.24) is 15.2 Å². The van der Waals surface area contributed by atoms with Crippen LogP contribution in [0.4, 0.5) is 10.6 Å². The minimum Gasteiger partial charge on any atom is -0.383 e. The van der Waals surface area contributed by atoms with Crippen LogP contribution in [0.1, 0.15) is 12.5 Å². The maximum Gasteiger partial charge on any atom is 0.317 e. The number of hydrogen-bond acceptors (Lipinski definition) is 5. The summed E-state index contributed by atoms with van der Waals surface area (Å²) < 4.78 is 10.5. The lowest BCUT2D eigenvalue weighted by Gasteiger charge is -2.30. The van der Waals surface area contributed by atoms with Crippen molar-refractivity contribution in [1.29, 1.82) is 0 Å². The third kappa shape index (κ3) is 4.80. The van der Waals surface area contributed by atoms with Gasteiger partial charge >= 0.3 is 6.03 Å². The van der Waals surface area contributed by atoms with E-state index in [0.717, 1.165) is 24.5 Å². The number of rotatable bonds is 6. The lowest BCUT2D eigenvalue weighted by Crippen LogP contribution is -2.44. The molecule has 1 N–H and O–H groups in total. The molecule has 7 heteroatoms. The van der Waals surface area contributed by atoms with E-state index >= 15 is 0 Å². The number of morpholine rings is 1. The first-order valence-electron chi connectivity index (χ1n) is 7.89. The molecule has 0 aliphatic carbocycles. The number of nitrogens with one attached hydrogen (secondary N) is 1. The molecule has 7 nitrogen and oxygen atoms in total. The van der Waals surface area contributed by atoms with Gasteiger partial charge in [-0.25, -0.2) is 9.78 Å². The molecule has 1 atom stereocenters. The van der Waals surface area contributed by atoms with E-state index in [1.807, 2.05) is 19.1 Å². The Hall–Kier alpha value is -1.86. The fourth-order valence-electron chi connectivity index (χ4n) is 2.48. The zero-order valence-electron chi connectivity index (χ0n) is 14.1. The van der Waals surface area contributed by atoms with E-state index in [1.165, 1.54) is 0 Å². The number of carbonyl (C=O) groups excluding carboxylic acids is 1. The van der Waals surface area contributed by atoms with E-state index in [2.05, 4.69) is 15.2 Å². The molecule has 128 valence electrons. The van der Waals surface area contributed by atoms with Gasteiger partial charge < -0.3 is 24.6 Å². The molecule has 0 aromatic carbocycles. The Kier molecular flexibility index (Phi) is 6.61. The fourth-order valence-corrected chi connectivity index (χ4v) is 2.48. The van der Waals surface area contributed by atoms with Crippen LogP contribution in [0.25, 0.3) is 0 Å². The van der Waals surface area contributed by atoms with Gasteiger partial charge in [-0.3, -0.25) is 0 Å². The van der Waals surface area contributed by atoms with Gasteiger partial charge in [0.25, 0.3) is 0 Å². The number of anilines is 1. The van der Waals surface area contributed by atoms with Crippen molar-refractivity contribution in [2.75, 3.05) is 52.0 Å². The summed E-state index contributed by atoms with van der Waals surface area (Å²) in [5.41, 5.74) is 1.01. The molecule has 2 heterocycles. The van der Waals surface area contributed by atoms with Crippen LogP contribution in [-0.4, -0.2) is 69.0 Å². The number of urea groups is 1. The Bertz CT molecular complexity index is 506. The van der Waals surface area contributed by atoms with Crippen LogP contribution in [-0.2, 0) is 16.0 Å². The number of aromatic nitrogens is 1. The summed E-state index contributed by atoms with van der Waals surface area (Å²) in [5, 5.41) is 2.95. The SMILES string of the molecule is COC[C@@H](C)N(C)C(=O)NCc1cccnc1N1CCOCC1. The van der Waals surface area contributed by atoms with E-state index in [-0.39, 0.29) is 12.1 Å². The Labute approximate surface area is 137 Å². The first kappa shape index (κ1) is 17.5. The van der Waals surface area contributed by atoms with Gasteiger partial charge in [0.05, 0.1) is 25.9 Å². The molecule has 1 fully saturated rings. The predicted octanol–water partition coefficient (Wildman–Crippen LogP) is 1.09. The summed E-state index contributed by atoms with van der Waals surface area (Å²) in [4.78, 5) is 20.5. The molecule has 2 rings (SSSR count). The molecule has 1 aliphatic rings. The molecule has 0 unspecified atom stereocenters. The number of pyridine rings is 1. The van der Waals surface area contributed by atoms with Crippen LogP contribution in [0.3, 0.4) is 0 Å². The van der Waals surface area contributed by atoms with Gasteiger partial charge in [0.1, 0.15) is 5.82 Å². The van der Waals surface area contributed by atoms with Gasteiger partial charge in [0.2, 0.25) is 0 Å². The summed E-state index contributed by atoms with van der Waals surface area (Å²) in [6.45, 7) is 5.97. The highest BCUT2D eigenvalue weighted by Gasteiger charge is 2.18. The highest BCUT2D eigenvalue weighted by atomic mass is 16.5. The quantitative estimate of drug-likeness (QED) is 0.849. The van der Waals surface area contributed by atoms with Crippen molar-refractivity contribution in [2.45, 2.75) is 19.5 Å². The fraction of sp³-hybridized carbons (Fsp3) is 0.625. The van der Waals surface area contributed by atoms with E-state index < -0.39 is 0 Å². The first-order valence-corrected chi connectivity index (χ1v) is 7.89. The Morgan fingerprint density at radius 3 is 2.96 bits per heavy atom. The highest BCUT2D eigenvalue weighted by Crippen LogP contribution is 2.18. The van der Waals surface area contributed by atoms with E-state index in [9.17, 15) is 4.79 Å². The number of amides is 2. The number of carbonyl (C=O) groups is 1. The predicted molar refractivity (Wildman–Crippen MR) is 88.6 cm³/mol. The zero-order valence-corrected chi connectivity index (χ0v) is 14.1. The minimum atomic E-state index is -0.119. The molecule has 1 aromatic heterocycles. The van der Waals surface area contributed by atoms with Gasteiger partial charge in [0, 0.05) is 45.6 Å². The van der Waals surface area contributed by atoms with Crippen molar-refractivity contribution in [2.24, 2.45) is 0 Å². The Balaban J connectivity index is 1.96. The average molecular weight is 322 g/mol. The number of ether oxygens (including phenoxy) is 2. The van der Waals surface area contributed by atoms with E-state index in [4.69, 9.17) is 9.47 Å². The summed E-state index contributed by atoms with van der Waals surface area (Å²) in [7, 11) is 3.40. The van der Waals surface area contributed by atoms with Crippen molar-refractivity contribution >= 4 is 11.8 Å². The number of likely N-dealkylation sites (N-methyl/N-ethyl adjacent to an activating group) is 1. The lowest BCUT2D eigenvalue weighted by atomic mass is 10.2. The zero-order chi connectivity index (χ0) is 16.7. The van der Waals surface area contributed by atoms with Gasteiger partial charge in [-0.2, -0.15) is 0 Å². The maximum absolute atomic E-state index is 12.2. The maximum atomic E-state index is 12.2. The Morgan fingerprint density at radius 2 is 2.26 bits per heavy atom.